The SMILES string of the molecule is O=C(C1=C(O)C(=O)N(c2ncccn2)[C@@H]1c1ccc(Cl)cc1)c1ccco1. The van der Waals surface area contributed by atoms with Gasteiger partial charge in [-0.15, -0.1) is 0 Å². The smallest absolute Gasteiger partial charge is 0.296 e. The first-order chi connectivity index (χ1) is 13.1. The van der Waals surface area contributed by atoms with Gasteiger partial charge in [0.2, 0.25) is 11.7 Å². The third-order valence-corrected chi connectivity index (χ3v) is 4.40. The molecule has 7 nitrogen and oxygen atoms in total. The van der Waals surface area contributed by atoms with E-state index in [4.69, 9.17) is 16.0 Å². The predicted octanol–water partition coefficient (Wildman–Crippen LogP) is 3.51. The maximum absolute atomic E-state index is 12.9. The van der Waals surface area contributed by atoms with E-state index >= 15 is 0 Å². The third-order valence-electron chi connectivity index (χ3n) is 4.15. The van der Waals surface area contributed by atoms with E-state index in [1.807, 2.05) is 0 Å². The van der Waals surface area contributed by atoms with E-state index in [9.17, 15) is 14.7 Å². The fourth-order valence-corrected chi connectivity index (χ4v) is 3.09. The minimum Gasteiger partial charge on any atom is -0.503 e. The lowest BCUT2D eigenvalue weighted by atomic mass is 9.95. The summed E-state index contributed by atoms with van der Waals surface area (Å²) in [6.45, 7) is 0. The lowest BCUT2D eigenvalue weighted by Crippen LogP contribution is -2.32. The lowest BCUT2D eigenvalue weighted by Gasteiger charge is -2.24. The van der Waals surface area contributed by atoms with Crippen molar-refractivity contribution in [3.05, 3.63) is 88.8 Å². The van der Waals surface area contributed by atoms with Crippen LogP contribution in [0.15, 0.2) is 76.9 Å². The molecule has 0 unspecified atom stereocenters. The normalized spacial score (nSPS) is 16.9. The van der Waals surface area contributed by atoms with Gasteiger partial charge in [0.15, 0.2) is 11.5 Å². The van der Waals surface area contributed by atoms with E-state index in [1.165, 1.54) is 29.6 Å². The first-order valence-corrected chi connectivity index (χ1v) is 8.33. The Balaban J connectivity index is 1.88. The molecule has 0 radical (unpaired) electrons. The molecule has 134 valence electrons. The Hall–Kier alpha value is -3.45. The number of carbonyl (C=O) groups is 2. The minimum atomic E-state index is -0.922. The van der Waals surface area contributed by atoms with Gasteiger partial charge in [-0.05, 0) is 35.9 Å². The van der Waals surface area contributed by atoms with E-state index < -0.39 is 23.5 Å². The average molecular weight is 382 g/mol. The van der Waals surface area contributed by atoms with Crippen LogP contribution in [0.4, 0.5) is 5.95 Å². The highest BCUT2D eigenvalue weighted by atomic mass is 35.5. The van der Waals surface area contributed by atoms with Crippen molar-refractivity contribution < 1.29 is 19.1 Å². The van der Waals surface area contributed by atoms with Gasteiger partial charge in [0.05, 0.1) is 17.9 Å². The number of amides is 1. The van der Waals surface area contributed by atoms with Crippen LogP contribution in [-0.2, 0) is 4.79 Å². The molecule has 3 heterocycles. The summed E-state index contributed by atoms with van der Waals surface area (Å²) in [6.07, 6.45) is 4.28. The molecule has 0 saturated heterocycles. The largest absolute Gasteiger partial charge is 0.503 e. The number of aromatic nitrogens is 2. The van der Waals surface area contributed by atoms with Gasteiger partial charge in [0, 0.05) is 17.4 Å². The second-order valence-corrected chi connectivity index (χ2v) is 6.18. The quantitative estimate of drug-likeness (QED) is 0.695. The molecule has 1 atom stereocenters. The Kier molecular flexibility index (Phi) is 4.21. The van der Waals surface area contributed by atoms with Crippen molar-refractivity contribution in [3.8, 4) is 0 Å². The molecule has 27 heavy (non-hydrogen) atoms. The number of hydrogen-bond acceptors (Lipinski definition) is 6. The molecule has 0 aliphatic carbocycles. The van der Waals surface area contributed by atoms with E-state index in [-0.39, 0.29) is 17.3 Å². The van der Waals surface area contributed by atoms with Gasteiger partial charge in [-0.1, -0.05) is 23.7 Å². The van der Waals surface area contributed by atoms with Gasteiger partial charge in [-0.3, -0.25) is 14.5 Å². The number of benzene rings is 1. The topological polar surface area (TPSA) is 96.5 Å². The molecule has 0 spiro atoms. The maximum Gasteiger partial charge on any atom is 0.296 e. The zero-order chi connectivity index (χ0) is 19.0. The van der Waals surface area contributed by atoms with Crippen LogP contribution in [-0.4, -0.2) is 26.8 Å². The molecule has 1 aliphatic rings. The molecule has 0 saturated carbocycles. The Morgan fingerprint density at radius 2 is 1.81 bits per heavy atom. The summed E-state index contributed by atoms with van der Waals surface area (Å²) in [6, 6.07) is 10.3. The van der Waals surface area contributed by atoms with E-state index in [2.05, 4.69) is 9.97 Å². The second kappa shape index (κ2) is 6.69. The number of anilines is 1. The molecular formula is C19H12ClN3O4. The number of Topliss-reactive ketones (excluding diaryl/α,β-unsaturated/α-hetero) is 1. The van der Waals surface area contributed by atoms with Gasteiger partial charge in [0.1, 0.15) is 0 Å². The van der Waals surface area contributed by atoms with E-state index in [0.29, 0.717) is 10.6 Å². The highest BCUT2D eigenvalue weighted by molar-refractivity contribution is 6.30. The summed E-state index contributed by atoms with van der Waals surface area (Å²) in [5.41, 5.74) is 0.462. The van der Waals surface area contributed by atoms with Crippen LogP contribution in [0.1, 0.15) is 22.2 Å². The molecule has 0 fully saturated rings. The summed E-state index contributed by atoms with van der Waals surface area (Å²) in [4.78, 5) is 35.1. The van der Waals surface area contributed by atoms with Gasteiger partial charge in [0.25, 0.3) is 5.91 Å². The summed E-state index contributed by atoms with van der Waals surface area (Å²) < 4.78 is 5.16. The molecule has 0 bridgehead atoms. The number of halogens is 1. The number of nitrogens with zero attached hydrogens (tertiary/aromatic N) is 3. The van der Waals surface area contributed by atoms with Gasteiger partial charge in [-0.2, -0.15) is 0 Å². The number of aliphatic hydroxyl groups excluding tert-OH is 1. The van der Waals surface area contributed by atoms with Gasteiger partial charge in [-0.25, -0.2) is 9.97 Å². The Morgan fingerprint density at radius 3 is 2.44 bits per heavy atom. The Bertz CT molecular complexity index is 1030. The van der Waals surface area contributed by atoms with Crippen molar-refractivity contribution in [1.29, 1.82) is 0 Å². The predicted molar refractivity (Wildman–Crippen MR) is 96.4 cm³/mol. The summed E-state index contributed by atoms with van der Waals surface area (Å²) >= 11 is 5.96. The number of ketones is 1. The highest BCUT2D eigenvalue weighted by Crippen LogP contribution is 2.40. The Labute approximate surface area is 158 Å². The summed E-state index contributed by atoms with van der Waals surface area (Å²) in [5.74, 6) is -1.94. The molecule has 1 amide bonds. The number of aliphatic hydroxyl groups is 1. The number of rotatable bonds is 4. The van der Waals surface area contributed by atoms with Crippen LogP contribution < -0.4 is 4.90 Å². The standard InChI is InChI=1S/C19H12ClN3O4/c20-12-6-4-11(5-7-12)15-14(16(24)13-3-1-10-27-13)17(25)18(26)23(15)19-21-8-2-9-22-19/h1-10,15,25H/t15-/m1/s1. The van der Waals surface area contributed by atoms with Crippen molar-refractivity contribution in [1.82, 2.24) is 9.97 Å². The van der Waals surface area contributed by atoms with Crippen molar-refractivity contribution in [2.75, 3.05) is 4.90 Å². The first kappa shape index (κ1) is 17.0. The minimum absolute atomic E-state index is 0.0131. The molecule has 3 aromatic rings. The fraction of sp³-hybridized carbons (Fsp3) is 0.0526. The monoisotopic (exact) mass is 381 g/mol. The summed E-state index contributed by atoms with van der Waals surface area (Å²) in [7, 11) is 0. The fourth-order valence-electron chi connectivity index (χ4n) is 2.96. The molecular weight excluding hydrogens is 370 g/mol. The highest BCUT2D eigenvalue weighted by Gasteiger charge is 2.46. The zero-order valence-electron chi connectivity index (χ0n) is 13.7. The molecule has 1 N–H and O–H groups in total. The molecule has 2 aromatic heterocycles. The first-order valence-electron chi connectivity index (χ1n) is 7.95. The van der Waals surface area contributed by atoms with Crippen molar-refractivity contribution in [2.45, 2.75) is 6.04 Å². The van der Waals surface area contributed by atoms with Crippen LogP contribution >= 0.6 is 11.6 Å². The summed E-state index contributed by atoms with van der Waals surface area (Å²) in [5, 5.41) is 11.0. The molecule has 4 rings (SSSR count). The van der Waals surface area contributed by atoms with Gasteiger partial charge < -0.3 is 9.52 Å². The van der Waals surface area contributed by atoms with Crippen LogP contribution in [0.3, 0.4) is 0 Å². The van der Waals surface area contributed by atoms with E-state index in [0.717, 1.165) is 0 Å². The number of furan rings is 1. The van der Waals surface area contributed by atoms with Crippen LogP contribution in [0.2, 0.25) is 5.02 Å². The average Bonchev–Trinajstić information content (AvgIpc) is 3.31. The second-order valence-electron chi connectivity index (χ2n) is 5.75. The van der Waals surface area contributed by atoms with Crippen LogP contribution in [0, 0.1) is 0 Å². The van der Waals surface area contributed by atoms with Crippen LogP contribution in [0.5, 0.6) is 0 Å². The van der Waals surface area contributed by atoms with Crippen molar-refractivity contribution in [3.63, 3.8) is 0 Å². The number of hydrogen-bond donors (Lipinski definition) is 1. The van der Waals surface area contributed by atoms with E-state index in [1.54, 1.807) is 36.4 Å². The zero-order valence-corrected chi connectivity index (χ0v) is 14.5. The van der Waals surface area contributed by atoms with Crippen molar-refractivity contribution in [2.24, 2.45) is 0 Å². The lowest BCUT2D eigenvalue weighted by molar-refractivity contribution is -0.117. The van der Waals surface area contributed by atoms with Gasteiger partial charge >= 0.3 is 0 Å². The maximum atomic E-state index is 12.9. The molecule has 1 aliphatic heterocycles. The number of carbonyl (C=O) groups excluding carboxylic acids is 2. The molecule has 8 heteroatoms. The Morgan fingerprint density at radius 1 is 1.11 bits per heavy atom. The third kappa shape index (κ3) is 2.88. The molecule has 1 aromatic carbocycles. The van der Waals surface area contributed by atoms with Crippen molar-refractivity contribution >= 4 is 29.2 Å². The van der Waals surface area contributed by atoms with Crippen LogP contribution in [0.25, 0.3) is 0 Å².